The molecule has 0 saturated carbocycles. The molecule has 106 valence electrons. The van der Waals surface area contributed by atoms with Gasteiger partial charge in [0.2, 0.25) is 5.90 Å². The predicted molar refractivity (Wildman–Crippen MR) is 81.9 cm³/mol. The Balaban J connectivity index is 1.55. The number of hydrogen-bond acceptors (Lipinski definition) is 3. The standard InChI is InChI=1S/C18H17NO2/c1-2-4-16-13(3-1)9-10-17(21-16)14-5-7-15(8-6-14)18-19-11-12-20-18/h1-8,17H,9-12H2. The van der Waals surface area contributed by atoms with Crippen LogP contribution in [0.3, 0.4) is 0 Å². The lowest BCUT2D eigenvalue weighted by Gasteiger charge is -2.26. The number of benzene rings is 2. The van der Waals surface area contributed by atoms with Crippen molar-refractivity contribution in [3.05, 3.63) is 65.2 Å². The van der Waals surface area contributed by atoms with Crippen LogP contribution in [0.1, 0.15) is 29.2 Å². The third-order valence-corrected chi connectivity index (χ3v) is 4.03. The summed E-state index contributed by atoms with van der Waals surface area (Å²) in [5.41, 5.74) is 3.57. The molecule has 1 atom stereocenters. The van der Waals surface area contributed by atoms with Gasteiger partial charge in [0.1, 0.15) is 18.5 Å². The molecule has 1 unspecified atom stereocenters. The highest BCUT2D eigenvalue weighted by Crippen LogP contribution is 2.34. The van der Waals surface area contributed by atoms with Gasteiger partial charge in [0.15, 0.2) is 0 Å². The van der Waals surface area contributed by atoms with Crippen molar-refractivity contribution in [2.24, 2.45) is 4.99 Å². The summed E-state index contributed by atoms with van der Waals surface area (Å²) < 4.78 is 11.6. The fraction of sp³-hybridized carbons (Fsp3) is 0.278. The van der Waals surface area contributed by atoms with Gasteiger partial charge in [0.25, 0.3) is 0 Å². The van der Waals surface area contributed by atoms with Gasteiger partial charge in [0.05, 0.1) is 6.54 Å². The van der Waals surface area contributed by atoms with Crippen LogP contribution < -0.4 is 4.74 Å². The first-order valence-corrected chi connectivity index (χ1v) is 7.42. The molecule has 3 nitrogen and oxygen atoms in total. The van der Waals surface area contributed by atoms with Crippen molar-refractivity contribution in [2.75, 3.05) is 13.2 Å². The van der Waals surface area contributed by atoms with E-state index >= 15 is 0 Å². The summed E-state index contributed by atoms with van der Waals surface area (Å²) in [6.45, 7) is 1.46. The average Bonchev–Trinajstić information content (AvgIpc) is 3.09. The quantitative estimate of drug-likeness (QED) is 0.842. The molecule has 2 aromatic carbocycles. The van der Waals surface area contributed by atoms with Crippen LogP contribution in [0.15, 0.2) is 53.5 Å². The van der Waals surface area contributed by atoms with E-state index in [0.29, 0.717) is 6.61 Å². The fourth-order valence-corrected chi connectivity index (χ4v) is 2.91. The van der Waals surface area contributed by atoms with Crippen LogP contribution in [0.25, 0.3) is 0 Å². The van der Waals surface area contributed by atoms with Crippen molar-refractivity contribution < 1.29 is 9.47 Å². The molecule has 0 saturated heterocycles. The molecule has 21 heavy (non-hydrogen) atoms. The van der Waals surface area contributed by atoms with Gasteiger partial charge in [-0.15, -0.1) is 0 Å². The van der Waals surface area contributed by atoms with E-state index < -0.39 is 0 Å². The zero-order chi connectivity index (χ0) is 14.1. The van der Waals surface area contributed by atoms with E-state index in [4.69, 9.17) is 9.47 Å². The minimum atomic E-state index is 0.139. The molecule has 4 rings (SSSR count). The highest BCUT2D eigenvalue weighted by atomic mass is 16.5. The first-order valence-electron chi connectivity index (χ1n) is 7.42. The smallest absolute Gasteiger partial charge is 0.216 e. The molecule has 0 N–H and O–H groups in total. The van der Waals surface area contributed by atoms with Crippen molar-refractivity contribution >= 4 is 5.90 Å². The van der Waals surface area contributed by atoms with Crippen molar-refractivity contribution in [1.82, 2.24) is 0 Å². The largest absolute Gasteiger partial charge is 0.485 e. The van der Waals surface area contributed by atoms with E-state index in [1.165, 1.54) is 11.1 Å². The SMILES string of the molecule is c1ccc2c(c1)CCC(c1ccc(C3=NCCO3)cc1)O2. The summed E-state index contributed by atoms with van der Waals surface area (Å²) in [6, 6.07) is 16.7. The molecular formula is C18H17NO2. The fourth-order valence-electron chi connectivity index (χ4n) is 2.91. The highest BCUT2D eigenvalue weighted by molar-refractivity contribution is 5.94. The van der Waals surface area contributed by atoms with E-state index in [9.17, 15) is 0 Å². The molecule has 0 fully saturated rings. The summed E-state index contributed by atoms with van der Waals surface area (Å²) >= 11 is 0. The lowest BCUT2D eigenvalue weighted by atomic mass is 9.97. The molecule has 3 heteroatoms. The van der Waals surface area contributed by atoms with E-state index in [1.54, 1.807) is 0 Å². The zero-order valence-electron chi connectivity index (χ0n) is 11.8. The summed E-state index contributed by atoms with van der Waals surface area (Å²) in [5, 5.41) is 0. The van der Waals surface area contributed by atoms with Crippen molar-refractivity contribution in [2.45, 2.75) is 18.9 Å². The summed E-state index contributed by atoms with van der Waals surface area (Å²) in [6.07, 6.45) is 2.23. The second kappa shape index (κ2) is 5.24. The van der Waals surface area contributed by atoms with Crippen LogP contribution >= 0.6 is 0 Å². The molecule has 2 aliphatic rings. The van der Waals surface area contributed by atoms with Crippen LogP contribution in [0, 0.1) is 0 Å². The van der Waals surface area contributed by atoms with Gasteiger partial charge >= 0.3 is 0 Å². The maximum atomic E-state index is 6.12. The molecular weight excluding hydrogens is 262 g/mol. The second-order valence-electron chi connectivity index (χ2n) is 5.41. The molecule has 0 amide bonds. The number of fused-ring (bicyclic) bond motifs is 1. The summed E-state index contributed by atoms with van der Waals surface area (Å²) in [7, 11) is 0. The Morgan fingerprint density at radius 3 is 2.67 bits per heavy atom. The predicted octanol–water partition coefficient (Wildman–Crippen LogP) is 3.53. The van der Waals surface area contributed by atoms with E-state index in [-0.39, 0.29) is 6.10 Å². The Hall–Kier alpha value is -2.29. The van der Waals surface area contributed by atoms with E-state index in [2.05, 4.69) is 47.5 Å². The van der Waals surface area contributed by atoms with Crippen LogP contribution in [-0.2, 0) is 11.2 Å². The lowest BCUT2D eigenvalue weighted by Crippen LogP contribution is -2.15. The average molecular weight is 279 g/mol. The molecule has 2 aromatic rings. The number of nitrogens with zero attached hydrogens (tertiary/aromatic N) is 1. The van der Waals surface area contributed by atoms with E-state index in [1.807, 2.05) is 6.07 Å². The van der Waals surface area contributed by atoms with Crippen LogP contribution in [0.5, 0.6) is 5.75 Å². The Kier molecular flexibility index (Phi) is 3.11. The first-order chi connectivity index (χ1) is 10.4. The molecule has 0 aromatic heterocycles. The second-order valence-corrected chi connectivity index (χ2v) is 5.41. The summed E-state index contributed by atoms with van der Waals surface area (Å²) in [4.78, 5) is 4.34. The van der Waals surface area contributed by atoms with Gasteiger partial charge in [-0.05, 0) is 42.2 Å². The van der Waals surface area contributed by atoms with Gasteiger partial charge in [-0.1, -0.05) is 30.3 Å². The number of ether oxygens (including phenoxy) is 2. The van der Waals surface area contributed by atoms with E-state index in [0.717, 1.165) is 36.6 Å². The van der Waals surface area contributed by atoms with Crippen molar-refractivity contribution in [3.63, 3.8) is 0 Å². The number of para-hydroxylation sites is 1. The van der Waals surface area contributed by atoms with Crippen LogP contribution in [0.2, 0.25) is 0 Å². The number of hydrogen-bond donors (Lipinski definition) is 0. The summed E-state index contributed by atoms with van der Waals surface area (Å²) in [5.74, 6) is 1.78. The monoisotopic (exact) mass is 279 g/mol. The molecule has 0 bridgehead atoms. The Morgan fingerprint density at radius 1 is 1.00 bits per heavy atom. The Labute approximate surface area is 124 Å². The minimum absolute atomic E-state index is 0.139. The topological polar surface area (TPSA) is 30.8 Å². The van der Waals surface area contributed by atoms with Crippen LogP contribution in [0.4, 0.5) is 0 Å². The Morgan fingerprint density at radius 2 is 1.86 bits per heavy atom. The van der Waals surface area contributed by atoms with Gasteiger partial charge in [-0.3, -0.25) is 0 Å². The molecule has 0 radical (unpaired) electrons. The van der Waals surface area contributed by atoms with Crippen LogP contribution in [-0.4, -0.2) is 19.0 Å². The van der Waals surface area contributed by atoms with Crippen molar-refractivity contribution in [3.8, 4) is 5.75 Å². The normalized spacial score (nSPS) is 20.2. The van der Waals surface area contributed by atoms with Gasteiger partial charge < -0.3 is 9.47 Å². The molecule has 0 aliphatic carbocycles. The third-order valence-electron chi connectivity index (χ3n) is 4.03. The molecule has 2 aliphatic heterocycles. The molecule has 2 heterocycles. The van der Waals surface area contributed by atoms with Gasteiger partial charge in [0, 0.05) is 5.56 Å². The van der Waals surface area contributed by atoms with Crippen molar-refractivity contribution in [1.29, 1.82) is 0 Å². The first kappa shape index (κ1) is 12.5. The van der Waals surface area contributed by atoms with Gasteiger partial charge in [-0.25, -0.2) is 4.99 Å². The maximum Gasteiger partial charge on any atom is 0.216 e. The number of rotatable bonds is 2. The molecule has 0 spiro atoms. The zero-order valence-corrected chi connectivity index (χ0v) is 11.8. The Bertz CT molecular complexity index is 676. The number of aliphatic imine (C=N–C) groups is 1. The van der Waals surface area contributed by atoms with Gasteiger partial charge in [-0.2, -0.15) is 0 Å². The maximum absolute atomic E-state index is 6.12. The highest BCUT2D eigenvalue weighted by Gasteiger charge is 2.21. The lowest BCUT2D eigenvalue weighted by molar-refractivity contribution is 0.176. The minimum Gasteiger partial charge on any atom is -0.485 e. The number of aryl methyl sites for hydroxylation is 1. The third kappa shape index (κ3) is 2.40.